The number of benzene rings is 2. The molecule has 1 atom stereocenters. The summed E-state index contributed by atoms with van der Waals surface area (Å²) in [7, 11) is -2.44. The molecule has 7 nitrogen and oxygen atoms in total. The minimum atomic E-state index is -4.03. The standard InChI is InChI=1S/C20H22Cl2N2O5S/c1-13-4-6-15(7-5-13)11-24(3)19(25)12-29-20(26)14(2)23-30(27,28)16-8-9-17(21)18(22)10-16/h4-10,14,23H,11-12H2,1-3H3/t14-/m0/s1. The highest BCUT2D eigenvalue weighted by Gasteiger charge is 2.24. The van der Waals surface area contributed by atoms with Crippen molar-refractivity contribution < 1.29 is 22.7 Å². The molecule has 10 heteroatoms. The molecule has 0 unspecified atom stereocenters. The Labute approximate surface area is 186 Å². The van der Waals surface area contributed by atoms with E-state index in [0.29, 0.717) is 6.54 Å². The van der Waals surface area contributed by atoms with Gasteiger partial charge in [0.2, 0.25) is 10.0 Å². The van der Waals surface area contributed by atoms with Crippen LogP contribution in [0, 0.1) is 6.92 Å². The molecule has 0 fully saturated rings. The van der Waals surface area contributed by atoms with Gasteiger partial charge in [0.15, 0.2) is 6.61 Å². The zero-order valence-corrected chi connectivity index (χ0v) is 19.0. The molecule has 0 aliphatic heterocycles. The first kappa shape index (κ1) is 24.1. The number of rotatable bonds is 8. The Bertz CT molecular complexity index is 1030. The maximum absolute atomic E-state index is 12.4. The second-order valence-corrected chi connectivity index (χ2v) is 9.29. The molecule has 1 N–H and O–H groups in total. The fourth-order valence-corrected chi connectivity index (χ4v) is 4.00. The number of aryl methyl sites for hydroxylation is 1. The van der Waals surface area contributed by atoms with Crippen LogP contribution in [-0.2, 0) is 30.9 Å². The number of hydrogen-bond acceptors (Lipinski definition) is 5. The van der Waals surface area contributed by atoms with Crippen LogP contribution in [0.4, 0.5) is 0 Å². The molecule has 1 amide bonds. The smallest absolute Gasteiger partial charge is 0.324 e. The summed E-state index contributed by atoms with van der Waals surface area (Å²) in [5.74, 6) is -1.29. The Balaban J connectivity index is 1.89. The van der Waals surface area contributed by atoms with Gasteiger partial charge in [0, 0.05) is 13.6 Å². The summed E-state index contributed by atoms with van der Waals surface area (Å²) < 4.78 is 31.9. The lowest BCUT2D eigenvalue weighted by atomic mass is 10.1. The van der Waals surface area contributed by atoms with E-state index in [1.165, 1.54) is 30.0 Å². The molecule has 2 aromatic rings. The van der Waals surface area contributed by atoms with E-state index >= 15 is 0 Å². The van der Waals surface area contributed by atoms with Gasteiger partial charge in [-0.05, 0) is 37.6 Å². The van der Waals surface area contributed by atoms with Crippen molar-refractivity contribution in [1.82, 2.24) is 9.62 Å². The van der Waals surface area contributed by atoms with E-state index in [2.05, 4.69) is 4.72 Å². The Morgan fingerprint density at radius 3 is 2.33 bits per heavy atom. The van der Waals surface area contributed by atoms with E-state index in [4.69, 9.17) is 27.9 Å². The SMILES string of the molecule is Cc1ccc(CN(C)C(=O)COC(=O)[C@H](C)NS(=O)(=O)c2ccc(Cl)c(Cl)c2)cc1. The number of carbonyl (C=O) groups is 2. The maximum atomic E-state index is 12.4. The fraction of sp³-hybridized carbons (Fsp3) is 0.300. The van der Waals surface area contributed by atoms with E-state index in [1.807, 2.05) is 31.2 Å². The van der Waals surface area contributed by atoms with Crippen LogP contribution in [0.5, 0.6) is 0 Å². The van der Waals surface area contributed by atoms with E-state index in [0.717, 1.165) is 11.1 Å². The van der Waals surface area contributed by atoms with Gasteiger partial charge in [0.25, 0.3) is 5.91 Å². The minimum Gasteiger partial charge on any atom is -0.454 e. The van der Waals surface area contributed by atoms with Gasteiger partial charge in [-0.3, -0.25) is 9.59 Å². The van der Waals surface area contributed by atoms with Gasteiger partial charge in [-0.15, -0.1) is 0 Å². The first-order chi connectivity index (χ1) is 14.0. The molecule has 162 valence electrons. The predicted molar refractivity (Wildman–Crippen MR) is 115 cm³/mol. The molecule has 0 aliphatic carbocycles. The molecule has 0 heterocycles. The first-order valence-corrected chi connectivity index (χ1v) is 11.2. The van der Waals surface area contributed by atoms with Crippen LogP contribution in [0.3, 0.4) is 0 Å². The highest BCUT2D eigenvalue weighted by Crippen LogP contribution is 2.24. The second kappa shape index (κ2) is 10.3. The summed E-state index contributed by atoms with van der Waals surface area (Å²) in [4.78, 5) is 25.6. The van der Waals surface area contributed by atoms with Crippen LogP contribution in [0.1, 0.15) is 18.1 Å². The molecular weight excluding hydrogens is 451 g/mol. The largest absolute Gasteiger partial charge is 0.454 e. The van der Waals surface area contributed by atoms with Crippen molar-refractivity contribution in [2.24, 2.45) is 0 Å². The van der Waals surface area contributed by atoms with Crippen molar-refractivity contribution >= 4 is 45.1 Å². The van der Waals surface area contributed by atoms with Gasteiger partial charge >= 0.3 is 5.97 Å². The van der Waals surface area contributed by atoms with Crippen molar-refractivity contribution in [1.29, 1.82) is 0 Å². The number of carbonyl (C=O) groups excluding carboxylic acids is 2. The van der Waals surface area contributed by atoms with Crippen LogP contribution in [0.2, 0.25) is 10.0 Å². The van der Waals surface area contributed by atoms with Gasteiger partial charge in [-0.25, -0.2) is 8.42 Å². The third-order valence-corrected chi connectivity index (χ3v) is 6.47. The monoisotopic (exact) mass is 472 g/mol. The number of ether oxygens (including phenoxy) is 1. The number of nitrogens with one attached hydrogen (secondary N) is 1. The van der Waals surface area contributed by atoms with Gasteiger partial charge in [-0.1, -0.05) is 53.0 Å². The van der Waals surface area contributed by atoms with Gasteiger partial charge in [0.1, 0.15) is 6.04 Å². The summed E-state index contributed by atoms with van der Waals surface area (Å²) in [6.45, 7) is 3.14. The number of hydrogen-bond donors (Lipinski definition) is 1. The Kier molecular flexibility index (Phi) is 8.25. The summed E-state index contributed by atoms with van der Waals surface area (Å²) in [5, 5.41) is 0.272. The highest BCUT2D eigenvalue weighted by atomic mass is 35.5. The molecular formula is C20H22Cl2N2O5S. The zero-order valence-electron chi connectivity index (χ0n) is 16.7. The van der Waals surface area contributed by atoms with Crippen LogP contribution in [-0.4, -0.2) is 44.9 Å². The summed E-state index contributed by atoms with van der Waals surface area (Å²) in [6.07, 6.45) is 0. The molecule has 2 rings (SSSR count). The number of nitrogens with zero attached hydrogens (tertiary/aromatic N) is 1. The Morgan fingerprint density at radius 1 is 1.10 bits per heavy atom. The normalized spacial score (nSPS) is 12.3. The van der Waals surface area contributed by atoms with Crippen LogP contribution in [0.15, 0.2) is 47.4 Å². The molecule has 2 aromatic carbocycles. The fourth-order valence-electron chi connectivity index (χ4n) is 2.42. The van der Waals surface area contributed by atoms with Gasteiger partial charge in [-0.2, -0.15) is 4.72 Å². The Morgan fingerprint density at radius 2 is 1.73 bits per heavy atom. The average Bonchev–Trinajstić information content (AvgIpc) is 2.69. The third kappa shape index (κ3) is 6.70. The lowest BCUT2D eigenvalue weighted by Crippen LogP contribution is -2.41. The predicted octanol–water partition coefficient (Wildman–Crippen LogP) is 3.17. The van der Waals surface area contributed by atoms with E-state index < -0.39 is 34.5 Å². The van der Waals surface area contributed by atoms with Crippen molar-refractivity contribution in [3.05, 3.63) is 63.6 Å². The molecule has 0 aliphatic rings. The average molecular weight is 473 g/mol. The van der Waals surface area contributed by atoms with E-state index in [-0.39, 0.29) is 14.9 Å². The van der Waals surface area contributed by atoms with E-state index in [1.54, 1.807) is 7.05 Å². The second-order valence-electron chi connectivity index (χ2n) is 6.76. The molecule has 0 aromatic heterocycles. The van der Waals surface area contributed by atoms with Crippen molar-refractivity contribution in [2.45, 2.75) is 31.3 Å². The van der Waals surface area contributed by atoms with Crippen molar-refractivity contribution in [3.63, 3.8) is 0 Å². The highest BCUT2D eigenvalue weighted by molar-refractivity contribution is 7.89. The zero-order chi connectivity index (χ0) is 22.5. The summed E-state index contributed by atoms with van der Waals surface area (Å²) in [6, 6.07) is 10.3. The van der Waals surface area contributed by atoms with Crippen LogP contribution < -0.4 is 4.72 Å². The van der Waals surface area contributed by atoms with Gasteiger partial charge in [0.05, 0.1) is 14.9 Å². The Hall–Kier alpha value is -2.13. The molecule has 0 saturated carbocycles. The minimum absolute atomic E-state index is 0.0666. The topological polar surface area (TPSA) is 92.8 Å². The third-order valence-electron chi connectivity index (χ3n) is 4.19. The molecule has 0 radical (unpaired) electrons. The molecule has 0 spiro atoms. The first-order valence-electron chi connectivity index (χ1n) is 8.93. The van der Waals surface area contributed by atoms with Crippen molar-refractivity contribution in [3.8, 4) is 0 Å². The molecule has 0 saturated heterocycles. The number of likely N-dealkylation sites (N-methyl/N-ethyl adjacent to an activating group) is 1. The number of halogens is 2. The quantitative estimate of drug-likeness (QED) is 0.595. The van der Waals surface area contributed by atoms with Crippen LogP contribution >= 0.6 is 23.2 Å². The summed E-state index contributed by atoms with van der Waals surface area (Å²) in [5.41, 5.74) is 2.05. The maximum Gasteiger partial charge on any atom is 0.324 e. The number of amides is 1. The van der Waals surface area contributed by atoms with E-state index in [9.17, 15) is 18.0 Å². The van der Waals surface area contributed by atoms with Crippen molar-refractivity contribution in [2.75, 3.05) is 13.7 Å². The molecule has 0 bridgehead atoms. The number of esters is 1. The lowest BCUT2D eigenvalue weighted by Gasteiger charge is -2.18. The van der Waals surface area contributed by atoms with Gasteiger partial charge < -0.3 is 9.64 Å². The number of sulfonamides is 1. The summed E-state index contributed by atoms with van der Waals surface area (Å²) >= 11 is 11.6. The van der Waals surface area contributed by atoms with Crippen LogP contribution in [0.25, 0.3) is 0 Å². The lowest BCUT2D eigenvalue weighted by molar-refractivity contribution is -0.152. The molecule has 30 heavy (non-hydrogen) atoms.